The number of amides is 4. The highest BCUT2D eigenvalue weighted by Crippen LogP contribution is 2.18. The molecule has 0 spiro atoms. The lowest BCUT2D eigenvalue weighted by molar-refractivity contribution is -0.402. The van der Waals surface area contributed by atoms with E-state index < -0.39 is 28.7 Å². The Balaban J connectivity index is 2.22. The van der Waals surface area contributed by atoms with Gasteiger partial charge in [0.1, 0.15) is 16.3 Å². The number of hydrogen-bond donors (Lipinski definition) is 0. The molecule has 0 saturated carbocycles. The molecule has 2 heterocycles. The first-order valence-electron chi connectivity index (χ1n) is 6.05. The number of rotatable bonds is 3. The van der Waals surface area contributed by atoms with Crippen molar-refractivity contribution in [1.29, 1.82) is 0 Å². The molecule has 22 heavy (non-hydrogen) atoms. The number of carbonyl (C=O) groups is 3. The van der Waals surface area contributed by atoms with E-state index in [1.54, 1.807) is 0 Å². The van der Waals surface area contributed by atoms with Crippen molar-refractivity contribution in [3.05, 3.63) is 45.7 Å². The molecule has 1 aliphatic rings. The first-order valence-corrected chi connectivity index (χ1v) is 6.05. The smallest absolute Gasteiger partial charge is 0.401 e. The first kappa shape index (κ1) is 15.2. The van der Waals surface area contributed by atoms with Crippen molar-refractivity contribution in [2.24, 2.45) is 0 Å². The van der Waals surface area contributed by atoms with Gasteiger partial charge in [0, 0.05) is 14.1 Å². The predicted octanol–water partition coefficient (Wildman–Crippen LogP) is 1.18. The summed E-state index contributed by atoms with van der Waals surface area (Å²) < 4.78 is 4.89. The summed E-state index contributed by atoms with van der Waals surface area (Å²) in [5.41, 5.74) is -0.193. The van der Waals surface area contributed by atoms with Crippen LogP contribution in [-0.4, -0.2) is 46.7 Å². The Kier molecular flexibility index (Phi) is 3.89. The molecule has 9 nitrogen and oxygen atoms in total. The van der Waals surface area contributed by atoms with Crippen LogP contribution in [0.5, 0.6) is 0 Å². The fourth-order valence-corrected chi connectivity index (χ4v) is 1.76. The van der Waals surface area contributed by atoms with Gasteiger partial charge in [-0.3, -0.25) is 29.5 Å². The Morgan fingerprint density at radius 2 is 1.73 bits per heavy atom. The largest absolute Gasteiger partial charge is 0.433 e. The maximum Gasteiger partial charge on any atom is 0.433 e. The number of urea groups is 1. The van der Waals surface area contributed by atoms with Crippen LogP contribution in [0, 0.1) is 10.1 Å². The molecule has 114 valence electrons. The summed E-state index contributed by atoms with van der Waals surface area (Å²) in [4.78, 5) is 46.7. The monoisotopic (exact) mass is 305 g/mol. The SMILES string of the molecule is CN1C(=O)C(=CC=Cc2ccc([N+](=O)[O-])o2)C(=O)N(C)C1=O. The summed E-state index contributed by atoms with van der Waals surface area (Å²) in [6, 6.07) is 1.85. The lowest BCUT2D eigenvalue weighted by Gasteiger charge is -2.28. The number of nitro groups is 1. The molecule has 1 aromatic rings. The molecule has 0 radical (unpaired) electrons. The number of furan rings is 1. The standard InChI is InChI=1S/C13H11N3O6/c1-14-11(17)9(12(18)15(2)13(14)19)5-3-4-8-6-7-10(22-8)16(20)21/h3-7H,1-2H3. The van der Waals surface area contributed by atoms with E-state index in [4.69, 9.17) is 4.42 Å². The van der Waals surface area contributed by atoms with Crippen molar-refractivity contribution >= 4 is 29.8 Å². The zero-order valence-electron chi connectivity index (χ0n) is 11.7. The van der Waals surface area contributed by atoms with E-state index >= 15 is 0 Å². The first-order chi connectivity index (χ1) is 10.3. The van der Waals surface area contributed by atoms with Crippen LogP contribution in [0.25, 0.3) is 6.08 Å². The summed E-state index contributed by atoms with van der Waals surface area (Å²) in [6.45, 7) is 0. The molecule has 2 rings (SSSR count). The molecule has 1 aliphatic heterocycles. The minimum atomic E-state index is -0.719. The highest BCUT2D eigenvalue weighted by molar-refractivity contribution is 6.28. The molecular formula is C13H11N3O6. The summed E-state index contributed by atoms with van der Waals surface area (Å²) in [7, 11) is 2.53. The minimum Gasteiger partial charge on any atom is -0.401 e. The van der Waals surface area contributed by atoms with Crippen LogP contribution in [-0.2, 0) is 9.59 Å². The van der Waals surface area contributed by atoms with Crippen molar-refractivity contribution in [1.82, 2.24) is 9.80 Å². The third-order valence-electron chi connectivity index (χ3n) is 2.96. The van der Waals surface area contributed by atoms with E-state index in [-0.39, 0.29) is 11.3 Å². The number of likely N-dealkylation sites (N-methyl/N-ethyl adjacent to an activating group) is 2. The van der Waals surface area contributed by atoms with Crippen molar-refractivity contribution < 1.29 is 23.7 Å². The summed E-state index contributed by atoms with van der Waals surface area (Å²) in [6.07, 6.45) is 3.92. The number of nitrogens with zero attached hydrogens (tertiary/aromatic N) is 3. The lowest BCUT2D eigenvalue weighted by Crippen LogP contribution is -2.52. The van der Waals surface area contributed by atoms with Gasteiger partial charge in [-0.15, -0.1) is 0 Å². The van der Waals surface area contributed by atoms with Crippen molar-refractivity contribution in [2.45, 2.75) is 0 Å². The third kappa shape index (κ3) is 2.64. The summed E-state index contributed by atoms with van der Waals surface area (Å²) >= 11 is 0. The second-order valence-corrected chi connectivity index (χ2v) is 4.38. The van der Waals surface area contributed by atoms with Crippen molar-refractivity contribution in [2.75, 3.05) is 14.1 Å². The van der Waals surface area contributed by atoms with Crippen LogP contribution in [0.2, 0.25) is 0 Å². The second-order valence-electron chi connectivity index (χ2n) is 4.38. The van der Waals surface area contributed by atoms with Gasteiger partial charge in [-0.05, 0) is 18.2 Å². The fourth-order valence-electron chi connectivity index (χ4n) is 1.76. The number of carbonyl (C=O) groups excluding carboxylic acids is 3. The number of allylic oxidation sites excluding steroid dienone is 2. The molecule has 1 saturated heterocycles. The van der Waals surface area contributed by atoms with Crippen LogP contribution >= 0.6 is 0 Å². The van der Waals surface area contributed by atoms with Crippen LogP contribution in [0.4, 0.5) is 10.7 Å². The van der Waals surface area contributed by atoms with Crippen LogP contribution in [0.15, 0.2) is 34.3 Å². The van der Waals surface area contributed by atoms with Crippen molar-refractivity contribution in [3.63, 3.8) is 0 Å². The molecule has 1 aromatic heterocycles. The maximum atomic E-state index is 11.9. The molecule has 0 unspecified atom stereocenters. The highest BCUT2D eigenvalue weighted by atomic mass is 16.6. The molecule has 9 heteroatoms. The van der Waals surface area contributed by atoms with Gasteiger partial charge < -0.3 is 4.42 Å². The topological polar surface area (TPSA) is 114 Å². The predicted molar refractivity (Wildman–Crippen MR) is 73.4 cm³/mol. The second kappa shape index (κ2) is 5.64. The van der Waals surface area contributed by atoms with Gasteiger partial charge in [-0.1, -0.05) is 6.08 Å². The Morgan fingerprint density at radius 1 is 1.14 bits per heavy atom. The van der Waals surface area contributed by atoms with Gasteiger partial charge in [-0.25, -0.2) is 4.79 Å². The van der Waals surface area contributed by atoms with Gasteiger partial charge in [0.15, 0.2) is 0 Å². The molecule has 0 aromatic carbocycles. The Labute approximate surface area is 124 Å². The number of hydrogen-bond acceptors (Lipinski definition) is 6. The summed E-state index contributed by atoms with van der Waals surface area (Å²) in [5, 5.41) is 10.5. The van der Waals surface area contributed by atoms with Gasteiger partial charge in [0.25, 0.3) is 11.8 Å². The van der Waals surface area contributed by atoms with Crippen LogP contribution in [0.3, 0.4) is 0 Å². The highest BCUT2D eigenvalue weighted by Gasteiger charge is 2.37. The van der Waals surface area contributed by atoms with E-state index in [0.717, 1.165) is 9.80 Å². The van der Waals surface area contributed by atoms with Gasteiger partial charge in [0.05, 0.1) is 6.07 Å². The maximum absolute atomic E-state index is 11.9. The van der Waals surface area contributed by atoms with E-state index in [9.17, 15) is 24.5 Å². The average Bonchev–Trinajstić information content (AvgIpc) is 2.96. The number of barbiturate groups is 1. The number of imide groups is 2. The average molecular weight is 305 g/mol. The van der Waals surface area contributed by atoms with Crippen molar-refractivity contribution in [3.8, 4) is 0 Å². The molecule has 4 amide bonds. The van der Waals surface area contributed by atoms with Gasteiger partial charge in [-0.2, -0.15) is 0 Å². The van der Waals surface area contributed by atoms with Gasteiger partial charge >= 0.3 is 11.9 Å². The van der Waals surface area contributed by atoms with E-state index in [0.29, 0.717) is 0 Å². The third-order valence-corrected chi connectivity index (χ3v) is 2.96. The van der Waals surface area contributed by atoms with Crippen LogP contribution < -0.4 is 0 Å². The zero-order chi connectivity index (χ0) is 16.4. The normalized spacial score (nSPS) is 15.9. The van der Waals surface area contributed by atoms with Gasteiger partial charge in [0.2, 0.25) is 0 Å². The molecular weight excluding hydrogens is 294 g/mol. The summed E-state index contributed by atoms with van der Waals surface area (Å²) in [5.74, 6) is -1.66. The van der Waals surface area contributed by atoms with E-state index in [2.05, 4.69) is 0 Å². The quantitative estimate of drug-likeness (QED) is 0.358. The van der Waals surface area contributed by atoms with Crippen LogP contribution in [0.1, 0.15) is 5.76 Å². The zero-order valence-corrected chi connectivity index (χ0v) is 11.7. The van der Waals surface area contributed by atoms with E-state index in [1.807, 2.05) is 0 Å². The van der Waals surface area contributed by atoms with E-state index in [1.165, 1.54) is 44.5 Å². The fraction of sp³-hybridized carbons (Fsp3) is 0.154. The minimum absolute atomic E-state index is 0.192. The molecule has 0 N–H and O–H groups in total. The molecule has 0 aliphatic carbocycles. The molecule has 1 fully saturated rings. The Hall–Kier alpha value is -3.23. The Morgan fingerprint density at radius 3 is 2.23 bits per heavy atom. The molecule has 0 bridgehead atoms. The Bertz CT molecular complexity index is 704. The molecule has 0 atom stereocenters. The lowest BCUT2D eigenvalue weighted by atomic mass is 10.1.